The molecule has 28 heavy (non-hydrogen) atoms. The molecule has 8 heteroatoms. The predicted octanol–water partition coefficient (Wildman–Crippen LogP) is 3.87. The molecule has 0 aliphatic carbocycles. The molecule has 0 bridgehead atoms. The van der Waals surface area contributed by atoms with Crippen molar-refractivity contribution in [1.82, 2.24) is 14.3 Å². The second kappa shape index (κ2) is 8.14. The van der Waals surface area contributed by atoms with E-state index in [0.717, 1.165) is 40.0 Å². The smallest absolute Gasteiger partial charge is 0.218 e. The van der Waals surface area contributed by atoms with E-state index in [2.05, 4.69) is 22.2 Å². The summed E-state index contributed by atoms with van der Waals surface area (Å²) in [5.74, 6) is 1.41. The van der Waals surface area contributed by atoms with Gasteiger partial charge in [-0.15, -0.1) is 11.3 Å². The summed E-state index contributed by atoms with van der Waals surface area (Å²) in [6.07, 6.45) is 3.43. The van der Waals surface area contributed by atoms with Crippen molar-refractivity contribution in [2.75, 3.05) is 18.4 Å². The van der Waals surface area contributed by atoms with Crippen molar-refractivity contribution in [3.05, 3.63) is 53.2 Å². The molecule has 2 aromatic heterocycles. The van der Waals surface area contributed by atoms with E-state index >= 15 is 0 Å². The van der Waals surface area contributed by atoms with Crippen LogP contribution in [-0.4, -0.2) is 35.8 Å². The highest BCUT2D eigenvalue weighted by molar-refractivity contribution is 7.88. The van der Waals surface area contributed by atoms with Gasteiger partial charge in [-0.3, -0.25) is 0 Å². The van der Waals surface area contributed by atoms with Gasteiger partial charge in [0.1, 0.15) is 17.0 Å². The number of hydrogen-bond acceptors (Lipinski definition) is 6. The zero-order valence-electron chi connectivity index (χ0n) is 15.8. The Hall–Kier alpha value is -2.03. The van der Waals surface area contributed by atoms with Crippen LogP contribution in [0, 0.1) is 5.92 Å². The predicted molar refractivity (Wildman–Crippen MR) is 114 cm³/mol. The average Bonchev–Trinajstić information content (AvgIpc) is 3.17. The molecule has 1 fully saturated rings. The highest BCUT2D eigenvalue weighted by Crippen LogP contribution is 2.25. The third-order valence-electron chi connectivity index (χ3n) is 5.30. The minimum Gasteiger partial charge on any atom is -0.365 e. The van der Waals surface area contributed by atoms with Crippen molar-refractivity contribution in [3.63, 3.8) is 0 Å². The molecule has 1 aliphatic heterocycles. The molecule has 0 saturated carbocycles. The quantitative estimate of drug-likeness (QED) is 0.660. The third kappa shape index (κ3) is 4.19. The number of rotatable bonds is 6. The van der Waals surface area contributed by atoms with E-state index in [1.807, 2.05) is 35.7 Å². The molecule has 6 nitrogen and oxygen atoms in total. The fraction of sp³-hybridized carbons (Fsp3) is 0.400. The van der Waals surface area contributed by atoms with E-state index < -0.39 is 10.0 Å². The second-order valence-corrected chi connectivity index (χ2v) is 10.2. The van der Waals surface area contributed by atoms with Gasteiger partial charge < -0.3 is 5.32 Å². The first-order chi connectivity index (χ1) is 13.5. The molecular formula is C20H24N4O2S2. The van der Waals surface area contributed by atoms with Crippen LogP contribution in [0.3, 0.4) is 0 Å². The number of sulfonamides is 1. The number of nitrogens with one attached hydrogen (secondary N) is 1. The molecule has 0 atom stereocenters. The zero-order valence-corrected chi connectivity index (χ0v) is 17.5. The Kier molecular flexibility index (Phi) is 5.61. The summed E-state index contributed by atoms with van der Waals surface area (Å²) < 4.78 is 27.5. The molecule has 4 rings (SSSR count). The Morgan fingerprint density at radius 1 is 1.14 bits per heavy atom. The van der Waals surface area contributed by atoms with Crippen molar-refractivity contribution in [3.8, 4) is 0 Å². The van der Waals surface area contributed by atoms with E-state index in [1.54, 1.807) is 22.0 Å². The van der Waals surface area contributed by atoms with Crippen molar-refractivity contribution >= 4 is 37.4 Å². The molecule has 1 aromatic carbocycles. The van der Waals surface area contributed by atoms with Gasteiger partial charge >= 0.3 is 0 Å². The topological polar surface area (TPSA) is 75.2 Å². The molecule has 0 spiro atoms. The van der Waals surface area contributed by atoms with Gasteiger partial charge in [0.15, 0.2) is 0 Å². The summed E-state index contributed by atoms with van der Waals surface area (Å²) in [4.78, 5) is 9.54. The fourth-order valence-corrected chi connectivity index (χ4v) is 5.89. The summed E-state index contributed by atoms with van der Waals surface area (Å²) in [7, 11) is -3.31. The molecule has 0 amide bonds. The number of anilines is 1. The number of thiophene rings is 1. The van der Waals surface area contributed by atoms with Crippen LogP contribution >= 0.6 is 11.3 Å². The van der Waals surface area contributed by atoms with Gasteiger partial charge in [0.05, 0.1) is 11.1 Å². The van der Waals surface area contributed by atoms with Crippen LogP contribution < -0.4 is 5.32 Å². The van der Waals surface area contributed by atoms with Crippen molar-refractivity contribution in [2.24, 2.45) is 5.92 Å². The summed E-state index contributed by atoms with van der Waals surface area (Å²) in [5.41, 5.74) is 1.81. The Labute approximate surface area is 169 Å². The van der Waals surface area contributed by atoms with Crippen LogP contribution in [0.1, 0.15) is 30.9 Å². The van der Waals surface area contributed by atoms with Gasteiger partial charge in [-0.25, -0.2) is 22.7 Å². The molecule has 3 aromatic rings. The first-order valence-corrected chi connectivity index (χ1v) is 12.0. The van der Waals surface area contributed by atoms with Gasteiger partial charge in [0, 0.05) is 19.6 Å². The number of fused-ring (bicyclic) bond motifs is 1. The third-order valence-corrected chi connectivity index (χ3v) is 7.95. The first-order valence-electron chi connectivity index (χ1n) is 9.49. The van der Waals surface area contributed by atoms with E-state index in [-0.39, 0.29) is 5.75 Å². The number of benzene rings is 1. The van der Waals surface area contributed by atoms with Gasteiger partial charge in [0.2, 0.25) is 10.0 Å². The minimum atomic E-state index is -3.31. The number of nitrogens with zero attached hydrogens (tertiary/aromatic N) is 3. The maximum Gasteiger partial charge on any atom is 0.218 e. The second-order valence-electron chi connectivity index (χ2n) is 7.32. The van der Waals surface area contributed by atoms with Gasteiger partial charge in [0.25, 0.3) is 0 Å². The number of hydrogen-bond donors (Lipinski definition) is 1. The van der Waals surface area contributed by atoms with Crippen LogP contribution in [-0.2, 0) is 22.3 Å². The lowest BCUT2D eigenvalue weighted by atomic mass is 10.0. The molecule has 0 unspecified atom stereocenters. The Morgan fingerprint density at radius 2 is 1.89 bits per heavy atom. The first kappa shape index (κ1) is 19.3. The summed E-state index contributed by atoms with van der Waals surface area (Å²) in [5, 5.41) is 6.33. The highest BCUT2D eigenvalue weighted by Gasteiger charge is 2.27. The number of aromatic nitrogens is 2. The van der Waals surface area contributed by atoms with E-state index in [9.17, 15) is 8.42 Å². The maximum atomic E-state index is 12.9. The molecule has 1 saturated heterocycles. The number of piperidine rings is 1. The largest absolute Gasteiger partial charge is 0.365 e. The van der Waals surface area contributed by atoms with Crippen LogP contribution in [0.25, 0.3) is 10.2 Å². The molecule has 1 N–H and O–H groups in total. The van der Waals surface area contributed by atoms with E-state index in [4.69, 9.17) is 0 Å². The van der Waals surface area contributed by atoms with Crippen molar-refractivity contribution in [2.45, 2.75) is 32.1 Å². The molecule has 148 valence electrons. The lowest BCUT2D eigenvalue weighted by Crippen LogP contribution is -2.38. The van der Waals surface area contributed by atoms with E-state index in [1.165, 1.54) is 0 Å². The summed E-state index contributed by atoms with van der Waals surface area (Å²) >= 11 is 1.57. The molecule has 1 aliphatic rings. The SMILES string of the molecule is CC1CCN(S(=O)(=O)Cc2ccccc2CNc2ncnc3sccc23)CC1. The van der Waals surface area contributed by atoms with Crippen LogP contribution in [0.2, 0.25) is 0 Å². The zero-order chi connectivity index (χ0) is 19.6. The van der Waals surface area contributed by atoms with Crippen LogP contribution in [0.4, 0.5) is 5.82 Å². The lowest BCUT2D eigenvalue weighted by Gasteiger charge is -2.29. The van der Waals surface area contributed by atoms with Gasteiger partial charge in [-0.05, 0) is 41.3 Å². The Bertz CT molecular complexity index is 1060. The fourth-order valence-electron chi connectivity index (χ4n) is 3.53. The van der Waals surface area contributed by atoms with Crippen LogP contribution in [0.5, 0.6) is 0 Å². The Balaban J connectivity index is 1.50. The normalized spacial score (nSPS) is 16.5. The van der Waals surface area contributed by atoms with Crippen LogP contribution in [0.15, 0.2) is 42.0 Å². The summed E-state index contributed by atoms with van der Waals surface area (Å²) in [6.45, 7) is 3.95. The van der Waals surface area contributed by atoms with Crippen molar-refractivity contribution in [1.29, 1.82) is 0 Å². The molecule has 0 radical (unpaired) electrons. The standard InChI is InChI=1S/C20H24N4O2S2/c1-15-6-9-24(10-7-15)28(25,26)13-17-5-3-2-4-16(17)12-21-19-18-8-11-27-20(18)23-14-22-19/h2-5,8,11,14-15H,6-7,9-10,12-13H2,1H3,(H,21,22,23). The monoisotopic (exact) mass is 416 g/mol. The highest BCUT2D eigenvalue weighted by atomic mass is 32.2. The molecule has 3 heterocycles. The van der Waals surface area contributed by atoms with E-state index in [0.29, 0.717) is 25.6 Å². The Morgan fingerprint density at radius 3 is 2.68 bits per heavy atom. The lowest BCUT2D eigenvalue weighted by molar-refractivity contribution is 0.287. The van der Waals surface area contributed by atoms with Gasteiger partial charge in [-0.2, -0.15) is 0 Å². The van der Waals surface area contributed by atoms with Crippen molar-refractivity contribution < 1.29 is 8.42 Å². The maximum absolute atomic E-state index is 12.9. The van der Waals surface area contributed by atoms with Gasteiger partial charge in [-0.1, -0.05) is 31.2 Å². The minimum absolute atomic E-state index is 0.0386. The molecular weight excluding hydrogens is 392 g/mol. The average molecular weight is 417 g/mol. The summed E-state index contributed by atoms with van der Waals surface area (Å²) in [6, 6.07) is 9.71.